The Hall–Kier alpha value is -0.120. The molecule has 1 heterocycles. The van der Waals surface area contributed by atoms with E-state index in [0.717, 1.165) is 6.54 Å². The summed E-state index contributed by atoms with van der Waals surface area (Å²) in [4.78, 5) is 2.15. The normalized spacial score (nSPS) is 33.6. The second-order valence-electron chi connectivity index (χ2n) is 3.10. The predicted octanol–water partition coefficient (Wildman–Crippen LogP) is -0.118. The molecule has 1 saturated heterocycles. The molecule has 60 valence electrons. The summed E-state index contributed by atoms with van der Waals surface area (Å²) in [5.41, 5.74) is 0. The topological polar surface area (TPSA) is 24.5 Å². The number of nitrogens with one attached hydrogen (secondary N) is 1. The van der Waals surface area contributed by atoms with Crippen molar-refractivity contribution < 1.29 is 4.74 Å². The molecule has 0 radical (unpaired) electrons. The smallest absolute Gasteiger partial charge is 0.0973 e. The van der Waals surface area contributed by atoms with Crippen LogP contribution in [0.25, 0.3) is 0 Å². The molecule has 1 N–H and O–H groups in total. The van der Waals surface area contributed by atoms with Gasteiger partial charge >= 0.3 is 0 Å². The first-order valence-corrected chi connectivity index (χ1v) is 3.70. The lowest BCUT2D eigenvalue weighted by molar-refractivity contribution is 0.0818. The van der Waals surface area contributed by atoms with Crippen LogP contribution in [0.3, 0.4) is 0 Å². The molecule has 2 unspecified atom stereocenters. The van der Waals surface area contributed by atoms with Gasteiger partial charge < -0.3 is 9.64 Å². The van der Waals surface area contributed by atoms with Gasteiger partial charge in [-0.3, -0.25) is 5.32 Å². The van der Waals surface area contributed by atoms with Crippen LogP contribution in [0, 0.1) is 0 Å². The molecule has 0 saturated carbocycles. The Morgan fingerprint density at radius 3 is 2.70 bits per heavy atom. The van der Waals surface area contributed by atoms with Crippen LogP contribution in [-0.2, 0) is 4.74 Å². The molecule has 0 bridgehead atoms. The van der Waals surface area contributed by atoms with Crippen molar-refractivity contribution in [2.75, 3.05) is 27.4 Å². The fourth-order valence-corrected chi connectivity index (χ4v) is 1.13. The summed E-state index contributed by atoms with van der Waals surface area (Å²) < 4.78 is 5.42. The summed E-state index contributed by atoms with van der Waals surface area (Å²) in [7, 11) is 4.13. The maximum Gasteiger partial charge on any atom is 0.0973 e. The molecule has 3 nitrogen and oxygen atoms in total. The van der Waals surface area contributed by atoms with E-state index in [4.69, 9.17) is 4.74 Å². The molecule has 0 spiro atoms. The minimum Gasteiger partial charge on any atom is -0.360 e. The highest BCUT2D eigenvalue weighted by Crippen LogP contribution is 2.05. The van der Waals surface area contributed by atoms with Crippen LogP contribution in [0.2, 0.25) is 0 Å². The molecule has 2 atom stereocenters. The van der Waals surface area contributed by atoms with E-state index in [2.05, 4.69) is 31.2 Å². The standard InChI is InChI=1S/C7H16N2O/c1-6-7(4-9(2)3)10-5-8-6/h6-8H,4-5H2,1-3H3. The largest absolute Gasteiger partial charge is 0.360 e. The molecule has 1 fully saturated rings. The van der Waals surface area contributed by atoms with Crippen LogP contribution in [0.1, 0.15) is 6.92 Å². The van der Waals surface area contributed by atoms with Crippen LogP contribution in [0.15, 0.2) is 0 Å². The summed E-state index contributed by atoms with van der Waals surface area (Å²) >= 11 is 0. The van der Waals surface area contributed by atoms with E-state index >= 15 is 0 Å². The average Bonchev–Trinajstić information content (AvgIpc) is 2.15. The zero-order valence-electron chi connectivity index (χ0n) is 6.92. The second kappa shape index (κ2) is 3.32. The van der Waals surface area contributed by atoms with E-state index in [1.807, 2.05) is 0 Å². The SMILES string of the molecule is CC1NCOC1CN(C)C. The zero-order chi connectivity index (χ0) is 7.56. The van der Waals surface area contributed by atoms with Crippen molar-refractivity contribution in [2.24, 2.45) is 0 Å². The van der Waals surface area contributed by atoms with Gasteiger partial charge in [0.1, 0.15) is 0 Å². The molecule has 1 aliphatic heterocycles. The lowest BCUT2D eigenvalue weighted by atomic mass is 10.2. The Bertz CT molecular complexity index is 106. The number of nitrogens with zero attached hydrogens (tertiary/aromatic N) is 1. The Morgan fingerprint density at radius 1 is 1.60 bits per heavy atom. The van der Waals surface area contributed by atoms with Crippen LogP contribution in [-0.4, -0.2) is 44.4 Å². The van der Waals surface area contributed by atoms with Crippen molar-refractivity contribution in [3.63, 3.8) is 0 Å². The summed E-state index contributed by atoms with van der Waals surface area (Å²) in [5.74, 6) is 0. The lowest BCUT2D eigenvalue weighted by Gasteiger charge is -2.18. The Morgan fingerprint density at radius 2 is 2.30 bits per heavy atom. The highest BCUT2D eigenvalue weighted by Gasteiger charge is 2.23. The highest BCUT2D eigenvalue weighted by atomic mass is 16.5. The third-order valence-electron chi connectivity index (χ3n) is 1.81. The minimum atomic E-state index is 0.370. The monoisotopic (exact) mass is 144 g/mol. The molecule has 1 rings (SSSR count). The zero-order valence-corrected chi connectivity index (χ0v) is 6.92. The van der Waals surface area contributed by atoms with Crippen molar-refractivity contribution in [2.45, 2.75) is 19.1 Å². The predicted molar refractivity (Wildman–Crippen MR) is 40.9 cm³/mol. The fraction of sp³-hybridized carbons (Fsp3) is 1.00. The first kappa shape index (κ1) is 7.98. The first-order valence-electron chi connectivity index (χ1n) is 3.70. The number of rotatable bonds is 2. The van der Waals surface area contributed by atoms with E-state index < -0.39 is 0 Å². The van der Waals surface area contributed by atoms with Gasteiger partial charge in [-0.1, -0.05) is 0 Å². The van der Waals surface area contributed by atoms with Gasteiger partial charge in [-0.2, -0.15) is 0 Å². The van der Waals surface area contributed by atoms with Gasteiger partial charge in [-0.25, -0.2) is 0 Å². The van der Waals surface area contributed by atoms with Crippen LogP contribution in [0.4, 0.5) is 0 Å². The van der Waals surface area contributed by atoms with E-state index in [1.165, 1.54) is 0 Å². The van der Waals surface area contributed by atoms with Gasteiger partial charge in [0.15, 0.2) is 0 Å². The molecular weight excluding hydrogens is 128 g/mol. The van der Waals surface area contributed by atoms with Gasteiger partial charge in [0.2, 0.25) is 0 Å². The quantitative estimate of drug-likeness (QED) is 0.585. The summed E-state index contributed by atoms with van der Waals surface area (Å²) in [6, 6.07) is 0.502. The Balaban J connectivity index is 2.26. The van der Waals surface area contributed by atoms with Gasteiger partial charge in [0, 0.05) is 12.6 Å². The summed E-state index contributed by atoms with van der Waals surface area (Å²) in [6.07, 6.45) is 0.370. The van der Waals surface area contributed by atoms with Gasteiger partial charge in [-0.05, 0) is 21.0 Å². The molecule has 3 heteroatoms. The molecule has 0 amide bonds. The second-order valence-corrected chi connectivity index (χ2v) is 3.10. The van der Waals surface area contributed by atoms with Gasteiger partial charge in [-0.15, -0.1) is 0 Å². The first-order chi connectivity index (χ1) is 4.70. The molecule has 0 aromatic heterocycles. The Labute approximate surface area is 62.3 Å². The molecule has 0 aromatic carbocycles. The number of hydrogen-bond acceptors (Lipinski definition) is 3. The molecule has 10 heavy (non-hydrogen) atoms. The molecular formula is C7H16N2O. The molecule has 0 aliphatic carbocycles. The van der Waals surface area contributed by atoms with Crippen molar-refractivity contribution >= 4 is 0 Å². The number of likely N-dealkylation sites (N-methyl/N-ethyl adjacent to an activating group) is 1. The van der Waals surface area contributed by atoms with Crippen LogP contribution in [0.5, 0.6) is 0 Å². The van der Waals surface area contributed by atoms with Crippen molar-refractivity contribution in [3.8, 4) is 0 Å². The highest BCUT2D eigenvalue weighted by molar-refractivity contribution is 4.78. The lowest BCUT2D eigenvalue weighted by Crippen LogP contribution is -2.35. The maximum absolute atomic E-state index is 5.42. The van der Waals surface area contributed by atoms with Crippen LogP contribution < -0.4 is 5.32 Å². The minimum absolute atomic E-state index is 0.370. The average molecular weight is 144 g/mol. The van der Waals surface area contributed by atoms with Gasteiger partial charge in [0.25, 0.3) is 0 Å². The fourth-order valence-electron chi connectivity index (χ4n) is 1.13. The van der Waals surface area contributed by atoms with Gasteiger partial charge in [0.05, 0.1) is 12.8 Å². The maximum atomic E-state index is 5.42. The number of ether oxygens (including phenoxy) is 1. The van der Waals surface area contributed by atoms with E-state index in [1.54, 1.807) is 0 Å². The van der Waals surface area contributed by atoms with E-state index in [-0.39, 0.29) is 0 Å². The van der Waals surface area contributed by atoms with Crippen molar-refractivity contribution in [1.29, 1.82) is 0 Å². The molecule has 1 aliphatic rings. The summed E-state index contributed by atoms with van der Waals surface area (Å²) in [6.45, 7) is 3.87. The summed E-state index contributed by atoms with van der Waals surface area (Å²) in [5, 5.41) is 3.23. The van der Waals surface area contributed by atoms with Crippen LogP contribution >= 0.6 is 0 Å². The van der Waals surface area contributed by atoms with E-state index in [9.17, 15) is 0 Å². The number of hydrogen-bond donors (Lipinski definition) is 1. The third kappa shape index (κ3) is 1.94. The third-order valence-corrected chi connectivity index (χ3v) is 1.81. The van der Waals surface area contributed by atoms with E-state index in [0.29, 0.717) is 18.9 Å². The molecule has 0 aromatic rings. The van der Waals surface area contributed by atoms with Crippen molar-refractivity contribution in [3.05, 3.63) is 0 Å². The Kier molecular flexibility index (Phi) is 2.65. The van der Waals surface area contributed by atoms with Crippen molar-refractivity contribution in [1.82, 2.24) is 10.2 Å².